The average molecular weight is 636 g/mol. The number of likely N-dealkylation sites (tertiary alicyclic amines) is 1. The van der Waals surface area contributed by atoms with Gasteiger partial charge in [-0.05, 0) is 62.7 Å². The Morgan fingerprint density at radius 2 is 1.79 bits per heavy atom. The Balaban J connectivity index is 1.21. The van der Waals surface area contributed by atoms with Gasteiger partial charge in [-0.2, -0.15) is 0 Å². The first kappa shape index (κ1) is 29.1. The molecule has 2 aromatic carbocycles. The fourth-order valence-corrected chi connectivity index (χ4v) is 7.54. The summed E-state index contributed by atoms with van der Waals surface area (Å²) in [6, 6.07) is 16.9. The molecule has 4 aliphatic rings. The Morgan fingerprint density at radius 1 is 1.05 bits per heavy atom. The molecule has 3 amide bonds. The van der Waals surface area contributed by atoms with Crippen LogP contribution in [0.15, 0.2) is 71.2 Å². The molecule has 2 saturated heterocycles. The van der Waals surface area contributed by atoms with Gasteiger partial charge in [-0.25, -0.2) is 0 Å². The molecule has 5 atom stereocenters. The first-order chi connectivity index (χ1) is 20.4. The van der Waals surface area contributed by atoms with Crippen molar-refractivity contribution in [2.75, 3.05) is 25.5 Å². The molecule has 0 unspecified atom stereocenters. The van der Waals surface area contributed by atoms with E-state index >= 15 is 0 Å². The number of nitrogens with one attached hydrogen (secondary N) is 2. The van der Waals surface area contributed by atoms with Crippen molar-refractivity contribution in [3.63, 3.8) is 0 Å². The summed E-state index contributed by atoms with van der Waals surface area (Å²) in [4.78, 5) is 45.7. The number of carbonyl (C=O) groups excluding carboxylic acids is 3. The maximum Gasteiger partial charge on any atom is 0.246 e. The van der Waals surface area contributed by atoms with E-state index in [0.29, 0.717) is 18.7 Å². The van der Waals surface area contributed by atoms with E-state index < -0.39 is 29.6 Å². The van der Waals surface area contributed by atoms with Crippen LogP contribution in [0, 0.1) is 11.8 Å². The minimum absolute atomic E-state index is 0.106. The molecule has 222 valence electrons. The second-order valence-electron chi connectivity index (χ2n) is 12.1. The lowest BCUT2D eigenvalue weighted by molar-refractivity contribution is -0.141. The fourth-order valence-electron chi connectivity index (χ4n) is 7.28. The lowest BCUT2D eigenvalue weighted by Crippen LogP contribution is -2.56. The molecule has 0 aromatic heterocycles. The molecular weight excluding hydrogens is 596 g/mol. The van der Waals surface area contributed by atoms with E-state index in [2.05, 4.69) is 50.6 Å². The largest absolute Gasteiger partial charge is 0.359 e. The van der Waals surface area contributed by atoms with Gasteiger partial charge in [0.15, 0.2) is 0 Å². The standard InChI is InChI=1S/C33H39BrN4O4/c1-37(21-22-9-4-2-5-10-22)19-8-20-38-29(31(40)36-24-11-6-3-7-12-24)33-18-17-26(42-33)27(28(33)32(38)41)30(39)35-25-15-13-23(34)14-16-25/h2,4-5,9-10,13-18,24,26-29H,3,6-8,11-12,19-21H2,1H3,(H,35,39)(H,36,40)/t26-,27+,28-,29+,33+/m1/s1. The maximum absolute atomic E-state index is 14.2. The van der Waals surface area contributed by atoms with Gasteiger partial charge in [-0.3, -0.25) is 14.4 Å². The molecule has 1 saturated carbocycles. The number of hydrogen-bond donors (Lipinski definition) is 2. The highest BCUT2D eigenvalue weighted by Gasteiger charge is 2.72. The molecule has 3 fully saturated rings. The maximum atomic E-state index is 14.2. The summed E-state index contributed by atoms with van der Waals surface area (Å²) in [6.07, 6.45) is 9.19. The van der Waals surface area contributed by atoms with E-state index in [1.807, 2.05) is 54.6 Å². The number of ether oxygens (including phenoxy) is 1. The van der Waals surface area contributed by atoms with Crippen LogP contribution in [-0.4, -0.2) is 71.4 Å². The number of benzene rings is 2. The van der Waals surface area contributed by atoms with Crippen molar-refractivity contribution in [1.82, 2.24) is 15.1 Å². The summed E-state index contributed by atoms with van der Waals surface area (Å²) in [5, 5.41) is 6.24. The van der Waals surface area contributed by atoms with Crippen LogP contribution in [0.25, 0.3) is 0 Å². The summed E-state index contributed by atoms with van der Waals surface area (Å²) >= 11 is 3.42. The van der Waals surface area contributed by atoms with E-state index in [0.717, 1.165) is 43.2 Å². The highest BCUT2D eigenvalue weighted by atomic mass is 79.9. The van der Waals surface area contributed by atoms with Gasteiger partial charge in [0, 0.05) is 29.3 Å². The molecular formula is C33H39BrN4O4. The van der Waals surface area contributed by atoms with Crippen LogP contribution in [0.1, 0.15) is 44.1 Å². The van der Waals surface area contributed by atoms with E-state index in [-0.39, 0.29) is 23.8 Å². The summed E-state index contributed by atoms with van der Waals surface area (Å²) in [5.41, 5.74) is 0.739. The number of carbonyl (C=O) groups is 3. The van der Waals surface area contributed by atoms with Crippen LogP contribution in [-0.2, 0) is 25.7 Å². The van der Waals surface area contributed by atoms with Crippen LogP contribution in [0.3, 0.4) is 0 Å². The van der Waals surface area contributed by atoms with Crippen molar-refractivity contribution in [3.8, 4) is 0 Å². The lowest BCUT2D eigenvalue weighted by atomic mass is 9.74. The second-order valence-corrected chi connectivity index (χ2v) is 13.1. The van der Waals surface area contributed by atoms with Gasteiger partial charge in [0.2, 0.25) is 17.7 Å². The van der Waals surface area contributed by atoms with Crippen LogP contribution >= 0.6 is 15.9 Å². The van der Waals surface area contributed by atoms with Gasteiger partial charge in [0.1, 0.15) is 11.6 Å². The first-order valence-corrected chi connectivity index (χ1v) is 15.9. The van der Waals surface area contributed by atoms with Gasteiger partial charge in [-0.15, -0.1) is 0 Å². The van der Waals surface area contributed by atoms with Gasteiger partial charge in [-0.1, -0.05) is 77.7 Å². The molecule has 1 spiro atoms. The molecule has 3 aliphatic heterocycles. The predicted molar refractivity (Wildman–Crippen MR) is 164 cm³/mol. The number of nitrogens with zero attached hydrogens (tertiary/aromatic N) is 2. The zero-order valence-corrected chi connectivity index (χ0v) is 25.6. The van der Waals surface area contributed by atoms with E-state index in [9.17, 15) is 14.4 Å². The van der Waals surface area contributed by atoms with Crippen molar-refractivity contribution in [2.24, 2.45) is 11.8 Å². The summed E-state index contributed by atoms with van der Waals surface area (Å²) in [6.45, 7) is 1.99. The predicted octanol–water partition coefficient (Wildman–Crippen LogP) is 4.51. The number of rotatable bonds is 10. The molecule has 2 N–H and O–H groups in total. The molecule has 6 rings (SSSR count). The topological polar surface area (TPSA) is 91.0 Å². The third kappa shape index (κ3) is 5.66. The minimum atomic E-state index is -1.14. The smallest absolute Gasteiger partial charge is 0.246 e. The third-order valence-corrected chi connectivity index (χ3v) is 9.75. The van der Waals surface area contributed by atoms with Crippen LogP contribution in [0.4, 0.5) is 5.69 Å². The Hall–Kier alpha value is -3.01. The Bertz CT molecular complexity index is 1330. The van der Waals surface area contributed by atoms with Gasteiger partial charge in [0.05, 0.1) is 17.9 Å². The SMILES string of the molecule is CN(CCCN1C(=O)[C@H]2[C@@H](C(=O)Nc3ccc(Br)cc3)[C@H]3C=C[C@@]2(O3)[C@@H]1C(=O)NC1CCCCC1)Cc1ccccc1. The quantitative estimate of drug-likeness (QED) is 0.375. The van der Waals surface area contributed by atoms with Crippen LogP contribution in [0.2, 0.25) is 0 Å². The second kappa shape index (κ2) is 12.3. The average Bonchev–Trinajstić information content (AvgIpc) is 3.63. The van der Waals surface area contributed by atoms with Crippen molar-refractivity contribution >= 4 is 39.3 Å². The lowest BCUT2D eigenvalue weighted by Gasteiger charge is -2.34. The van der Waals surface area contributed by atoms with Crippen molar-refractivity contribution in [2.45, 2.75) is 68.9 Å². The van der Waals surface area contributed by atoms with E-state index in [1.165, 1.54) is 12.0 Å². The number of hydrogen-bond acceptors (Lipinski definition) is 5. The van der Waals surface area contributed by atoms with Crippen LogP contribution in [0.5, 0.6) is 0 Å². The summed E-state index contributed by atoms with van der Waals surface area (Å²) in [5.74, 6) is -2.06. The monoisotopic (exact) mass is 634 g/mol. The highest BCUT2D eigenvalue weighted by molar-refractivity contribution is 9.10. The molecule has 2 bridgehead atoms. The minimum Gasteiger partial charge on any atom is -0.359 e. The van der Waals surface area contributed by atoms with E-state index in [1.54, 1.807) is 4.90 Å². The molecule has 2 aromatic rings. The number of anilines is 1. The van der Waals surface area contributed by atoms with Gasteiger partial charge in [0.25, 0.3) is 0 Å². The van der Waals surface area contributed by atoms with Crippen molar-refractivity contribution in [3.05, 3.63) is 76.8 Å². The summed E-state index contributed by atoms with van der Waals surface area (Å²) in [7, 11) is 2.06. The molecule has 8 nitrogen and oxygen atoms in total. The number of halogens is 1. The fraction of sp³-hybridized carbons (Fsp3) is 0.485. The van der Waals surface area contributed by atoms with Gasteiger partial charge < -0.3 is 25.2 Å². The first-order valence-electron chi connectivity index (χ1n) is 15.1. The highest BCUT2D eigenvalue weighted by Crippen LogP contribution is 2.55. The summed E-state index contributed by atoms with van der Waals surface area (Å²) < 4.78 is 7.40. The zero-order valence-electron chi connectivity index (χ0n) is 24.0. The Labute approximate surface area is 256 Å². The molecule has 42 heavy (non-hydrogen) atoms. The molecule has 9 heteroatoms. The van der Waals surface area contributed by atoms with Crippen molar-refractivity contribution < 1.29 is 19.1 Å². The Kier molecular flexibility index (Phi) is 8.52. The third-order valence-electron chi connectivity index (χ3n) is 9.22. The molecule has 3 heterocycles. The van der Waals surface area contributed by atoms with Gasteiger partial charge >= 0.3 is 0 Å². The number of fused-ring (bicyclic) bond motifs is 1. The number of amides is 3. The molecule has 0 radical (unpaired) electrons. The normalized spacial score (nSPS) is 28.4. The molecule has 1 aliphatic carbocycles. The zero-order chi connectivity index (χ0) is 29.3. The van der Waals surface area contributed by atoms with Crippen LogP contribution < -0.4 is 10.6 Å². The Morgan fingerprint density at radius 3 is 2.52 bits per heavy atom. The van der Waals surface area contributed by atoms with E-state index in [4.69, 9.17) is 4.74 Å². The van der Waals surface area contributed by atoms with Crippen molar-refractivity contribution in [1.29, 1.82) is 0 Å².